The van der Waals surface area contributed by atoms with Crippen molar-refractivity contribution in [2.45, 2.75) is 35.9 Å². The summed E-state index contributed by atoms with van der Waals surface area (Å²) in [6.45, 7) is 0. The number of carbonyl (C=O) groups is 3. The van der Waals surface area contributed by atoms with Gasteiger partial charge in [-0.1, -0.05) is 30.2 Å². The first-order valence-electron chi connectivity index (χ1n) is 9.60. The third-order valence-corrected chi connectivity index (χ3v) is 7.15. The van der Waals surface area contributed by atoms with E-state index in [9.17, 15) is 14.4 Å². The molecule has 0 spiro atoms. The molecule has 1 aromatic heterocycles. The van der Waals surface area contributed by atoms with Crippen LogP contribution in [0.5, 0.6) is 0 Å². The zero-order chi connectivity index (χ0) is 21.7. The van der Waals surface area contributed by atoms with Crippen molar-refractivity contribution < 1.29 is 19.5 Å². The topological polar surface area (TPSA) is 103 Å². The maximum absolute atomic E-state index is 13.5. The second-order valence-electron chi connectivity index (χ2n) is 6.92. The second-order valence-corrected chi connectivity index (χ2v) is 9.21. The molecule has 0 radical (unpaired) electrons. The zero-order valence-electron chi connectivity index (χ0n) is 16.8. The van der Waals surface area contributed by atoms with E-state index in [1.165, 1.54) is 28.0 Å². The first kappa shape index (κ1) is 22.1. The molecule has 160 valence electrons. The number of amides is 3. The quantitative estimate of drug-likeness (QED) is 0.627. The Morgan fingerprint density at radius 2 is 2.03 bits per heavy atom. The van der Waals surface area contributed by atoms with Crippen LogP contribution in [-0.4, -0.2) is 53.9 Å². The Bertz CT molecular complexity index is 927. The van der Waals surface area contributed by atoms with Crippen molar-refractivity contribution in [3.63, 3.8) is 0 Å². The summed E-state index contributed by atoms with van der Waals surface area (Å²) in [5, 5.41) is 12.0. The highest BCUT2D eigenvalue weighted by molar-refractivity contribution is 8.01. The molecule has 1 heterocycles. The summed E-state index contributed by atoms with van der Waals surface area (Å²) >= 11 is 2.46. The molecule has 0 bridgehead atoms. The number of carbonyl (C=O) groups excluding carboxylic acids is 2. The van der Waals surface area contributed by atoms with Crippen LogP contribution in [0.4, 0.5) is 15.6 Å². The highest BCUT2D eigenvalue weighted by atomic mass is 32.2. The number of anilines is 2. The molecule has 0 unspecified atom stereocenters. The number of carboxylic acids is 1. The van der Waals surface area contributed by atoms with E-state index in [1.807, 2.05) is 6.07 Å². The van der Waals surface area contributed by atoms with Crippen LogP contribution in [0.15, 0.2) is 34.7 Å². The highest BCUT2D eigenvalue weighted by Crippen LogP contribution is 2.33. The Morgan fingerprint density at radius 1 is 1.30 bits per heavy atom. The molecule has 1 aliphatic rings. The van der Waals surface area contributed by atoms with E-state index in [0.29, 0.717) is 16.4 Å². The van der Waals surface area contributed by atoms with E-state index in [0.717, 1.165) is 29.9 Å². The van der Waals surface area contributed by atoms with Gasteiger partial charge in [0.1, 0.15) is 0 Å². The van der Waals surface area contributed by atoms with Crippen molar-refractivity contribution in [1.82, 2.24) is 10.3 Å². The molecule has 3 rings (SSSR count). The maximum Gasteiger partial charge on any atom is 0.330 e. The number of benzene rings is 1. The van der Waals surface area contributed by atoms with E-state index in [1.54, 1.807) is 43.4 Å². The largest absolute Gasteiger partial charge is 0.481 e. The smallest absolute Gasteiger partial charge is 0.330 e. The van der Waals surface area contributed by atoms with Gasteiger partial charge in [0, 0.05) is 31.4 Å². The van der Waals surface area contributed by atoms with Crippen molar-refractivity contribution in [1.29, 1.82) is 0 Å². The number of thioether (sulfide) groups is 1. The summed E-state index contributed by atoms with van der Waals surface area (Å²) in [4.78, 5) is 43.9. The third kappa shape index (κ3) is 5.11. The van der Waals surface area contributed by atoms with Gasteiger partial charge in [0.15, 0.2) is 5.13 Å². The van der Waals surface area contributed by atoms with Crippen LogP contribution < -0.4 is 15.1 Å². The SMILES string of the molecule is CNC(=O)c1cccc(N(C(=O)N(C)c2ncc(SCC(=O)O)s2)C2CCCC2)c1. The van der Waals surface area contributed by atoms with Crippen LogP contribution >= 0.6 is 23.1 Å². The lowest BCUT2D eigenvalue weighted by Gasteiger charge is -2.32. The molecule has 3 amide bonds. The minimum absolute atomic E-state index is 0.0558. The van der Waals surface area contributed by atoms with Crippen molar-refractivity contribution >= 4 is 51.8 Å². The van der Waals surface area contributed by atoms with E-state index < -0.39 is 5.97 Å². The van der Waals surface area contributed by atoms with Gasteiger partial charge < -0.3 is 10.4 Å². The number of nitrogens with zero attached hydrogens (tertiary/aromatic N) is 3. The van der Waals surface area contributed by atoms with Crippen molar-refractivity contribution in [3.8, 4) is 0 Å². The Hall–Kier alpha value is -2.59. The summed E-state index contributed by atoms with van der Waals surface area (Å²) in [7, 11) is 3.24. The number of rotatable bonds is 7. The fourth-order valence-electron chi connectivity index (χ4n) is 3.43. The number of carboxylic acid groups (broad SMARTS) is 1. The molecule has 0 aliphatic heterocycles. The van der Waals surface area contributed by atoms with Gasteiger partial charge in [0.25, 0.3) is 5.91 Å². The number of thiazole rings is 1. The molecule has 8 nitrogen and oxygen atoms in total. The molecule has 0 atom stereocenters. The predicted octanol–water partition coefficient (Wildman–Crippen LogP) is 3.68. The molecule has 1 saturated carbocycles. The number of hydrogen-bond acceptors (Lipinski definition) is 6. The molecule has 30 heavy (non-hydrogen) atoms. The molecule has 1 aliphatic carbocycles. The number of hydrogen-bond donors (Lipinski definition) is 2. The Labute approximate surface area is 183 Å². The Kier molecular flexibility index (Phi) is 7.33. The van der Waals surface area contributed by atoms with Gasteiger partial charge >= 0.3 is 12.0 Å². The van der Waals surface area contributed by atoms with Gasteiger partial charge in [-0.05, 0) is 31.0 Å². The third-order valence-electron chi connectivity index (χ3n) is 4.89. The standard InChI is InChI=1S/C20H24N4O4S2/c1-21-18(27)13-6-5-9-15(10-13)24(14-7-3-4-8-14)20(28)23(2)19-22-11-17(30-19)29-12-16(25)26/h5-6,9-11,14H,3-4,7-8,12H2,1-2H3,(H,21,27)(H,25,26). The molecular weight excluding hydrogens is 424 g/mol. The van der Waals surface area contributed by atoms with Gasteiger partial charge in [-0.25, -0.2) is 9.78 Å². The summed E-state index contributed by atoms with van der Waals surface area (Å²) in [6.07, 6.45) is 5.51. The first-order chi connectivity index (χ1) is 14.4. The van der Waals surface area contributed by atoms with Crippen molar-refractivity contribution in [3.05, 3.63) is 36.0 Å². The Morgan fingerprint density at radius 3 is 2.70 bits per heavy atom. The lowest BCUT2D eigenvalue weighted by atomic mass is 10.1. The Balaban J connectivity index is 1.86. The number of aromatic nitrogens is 1. The van der Waals surface area contributed by atoms with Crippen LogP contribution in [0.25, 0.3) is 0 Å². The zero-order valence-corrected chi connectivity index (χ0v) is 18.5. The number of nitrogens with one attached hydrogen (secondary N) is 1. The molecule has 0 saturated heterocycles. The van der Waals surface area contributed by atoms with E-state index in [4.69, 9.17) is 5.11 Å². The van der Waals surface area contributed by atoms with Gasteiger partial charge in [-0.3, -0.25) is 19.4 Å². The maximum atomic E-state index is 13.5. The molecule has 2 N–H and O–H groups in total. The van der Waals surface area contributed by atoms with E-state index in [-0.39, 0.29) is 23.7 Å². The average molecular weight is 449 g/mol. The van der Waals surface area contributed by atoms with E-state index in [2.05, 4.69) is 10.3 Å². The van der Waals surface area contributed by atoms with E-state index >= 15 is 0 Å². The van der Waals surface area contributed by atoms with Crippen molar-refractivity contribution in [2.75, 3.05) is 29.6 Å². The predicted molar refractivity (Wildman–Crippen MR) is 119 cm³/mol. The highest BCUT2D eigenvalue weighted by Gasteiger charge is 2.31. The molecule has 2 aromatic rings. The van der Waals surface area contributed by atoms with Crippen molar-refractivity contribution in [2.24, 2.45) is 0 Å². The molecular formula is C20H24N4O4S2. The van der Waals surface area contributed by atoms with Gasteiger partial charge in [-0.15, -0.1) is 11.8 Å². The normalized spacial score (nSPS) is 13.8. The van der Waals surface area contributed by atoms with Crippen LogP contribution in [0.3, 0.4) is 0 Å². The van der Waals surface area contributed by atoms with Gasteiger partial charge in [0.05, 0.1) is 16.2 Å². The lowest BCUT2D eigenvalue weighted by Crippen LogP contribution is -2.46. The summed E-state index contributed by atoms with van der Waals surface area (Å²) in [5.41, 5.74) is 1.17. The monoisotopic (exact) mass is 448 g/mol. The van der Waals surface area contributed by atoms with Crippen LogP contribution in [0, 0.1) is 0 Å². The molecule has 1 fully saturated rings. The average Bonchev–Trinajstić information content (AvgIpc) is 3.44. The number of urea groups is 1. The fourth-order valence-corrected chi connectivity index (χ4v) is 5.06. The minimum Gasteiger partial charge on any atom is -0.481 e. The van der Waals surface area contributed by atoms with Crippen LogP contribution in [-0.2, 0) is 4.79 Å². The minimum atomic E-state index is -0.900. The fraction of sp³-hybridized carbons (Fsp3) is 0.400. The first-order valence-corrected chi connectivity index (χ1v) is 11.4. The van der Waals surface area contributed by atoms with Gasteiger partial charge in [0.2, 0.25) is 0 Å². The molecule has 1 aromatic carbocycles. The number of aliphatic carboxylic acids is 1. The van der Waals surface area contributed by atoms with Gasteiger partial charge in [-0.2, -0.15) is 0 Å². The second kappa shape index (κ2) is 9.94. The summed E-state index contributed by atoms with van der Waals surface area (Å²) < 4.78 is 0.737. The summed E-state index contributed by atoms with van der Waals surface area (Å²) in [6, 6.07) is 6.90. The summed E-state index contributed by atoms with van der Waals surface area (Å²) in [5.74, 6) is -1.16. The van der Waals surface area contributed by atoms with Crippen LogP contribution in [0.1, 0.15) is 36.0 Å². The molecule has 10 heteroatoms. The lowest BCUT2D eigenvalue weighted by molar-refractivity contribution is -0.133. The van der Waals surface area contributed by atoms with Crippen LogP contribution in [0.2, 0.25) is 0 Å².